The minimum absolute atomic E-state index is 0.273. The van der Waals surface area contributed by atoms with Crippen molar-refractivity contribution in [2.45, 2.75) is 20.1 Å². The molecular formula is C11H15BO2. The molecule has 14 heavy (non-hydrogen) atoms. The van der Waals surface area contributed by atoms with E-state index in [2.05, 4.69) is 0 Å². The van der Waals surface area contributed by atoms with Crippen LogP contribution < -0.4 is 5.46 Å². The monoisotopic (exact) mass is 190 g/mol. The maximum absolute atomic E-state index is 5.59. The maximum Gasteiger partial charge on any atom is 0.183 e. The third-order valence-electron chi connectivity index (χ3n) is 1.84. The quantitative estimate of drug-likeness (QED) is 0.518. The smallest absolute Gasteiger partial charge is 0.183 e. The molecule has 1 aromatic carbocycles. The molecule has 2 radical (unpaired) electrons. The van der Waals surface area contributed by atoms with Crippen molar-refractivity contribution < 1.29 is 9.47 Å². The van der Waals surface area contributed by atoms with Gasteiger partial charge in [0.2, 0.25) is 0 Å². The first-order valence-corrected chi connectivity index (χ1v) is 4.86. The molecule has 0 spiro atoms. The van der Waals surface area contributed by atoms with Gasteiger partial charge in [0.1, 0.15) is 7.85 Å². The van der Waals surface area contributed by atoms with Crippen molar-refractivity contribution in [2.24, 2.45) is 0 Å². The van der Waals surface area contributed by atoms with Crippen LogP contribution in [-0.4, -0.2) is 21.1 Å². The third kappa shape index (κ3) is 3.16. The largest absolute Gasteiger partial charge is 0.349 e. The number of hydrogen-bond acceptors (Lipinski definition) is 2. The Morgan fingerprint density at radius 1 is 1.07 bits per heavy atom. The lowest BCUT2D eigenvalue weighted by Crippen LogP contribution is -2.10. The van der Waals surface area contributed by atoms with Crippen molar-refractivity contribution in [3.63, 3.8) is 0 Å². The van der Waals surface area contributed by atoms with Crippen molar-refractivity contribution in [3.8, 4) is 0 Å². The summed E-state index contributed by atoms with van der Waals surface area (Å²) < 4.78 is 10.9. The van der Waals surface area contributed by atoms with E-state index >= 15 is 0 Å². The van der Waals surface area contributed by atoms with E-state index in [0.29, 0.717) is 13.2 Å². The van der Waals surface area contributed by atoms with Crippen molar-refractivity contribution in [3.05, 3.63) is 29.8 Å². The van der Waals surface area contributed by atoms with Crippen LogP contribution in [0, 0.1) is 0 Å². The van der Waals surface area contributed by atoms with E-state index in [0.717, 1.165) is 11.0 Å². The summed E-state index contributed by atoms with van der Waals surface area (Å²) in [5, 5.41) is 0. The van der Waals surface area contributed by atoms with E-state index in [-0.39, 0.29) is 6.29 Å². The maximum atomic E-state index is 5.59. The Balaban J connectivity index is 2.71. The molecule has 0 aliphatic rings. The second-order valence-corrected chi connectivity index (χ2v) is 2.91. The molecule has 0 aliphatic carbocycles. The van der Waals surface area contributed by atoms with Gasteiger partial charge >= 0.3 is 0 Å². The summed E-state index contributed by atoms with van der Waals surface area (Å²) in [5.41, 5.74) is 1.75. The molecule has 0 atom stereocenters. The van der Waals surface area contributed by atoms with Gasteiger partial charge in [-0.15, -0.1) is 0 Å². The van der Waals surface area contributed by atoms with Gasteiger partial charge in [0.25, 0.3) is 0 Å². The highest BCUT2D eigenvalue weighted by Gasteiger charge is 2.09. The Kier molecular flexibility index (Phi) is 4.70. The van der Waals surface area contributed by atoms with Crippen LogP contribution in [0.3, 0.4) is 0 Å². The van der Waals surface area contributed by atoms with Crippen LogP contribution in [-0.2, 0) is 9.47 Å². The lowest BCUT2D eigenvalue weighted by atomic mass is 9.95. The van der Waals surface area contributed by atoms with Gasteiger partial charge < -0.3 is 9.47 Å². The van der Waals surface area contributed by atoms with Crippen LogP contribution in [0.2, 0.25) is 0 Å². The predicted molar refractivity (Wildman–Crippen MR) is 57.8 cm³/mol. The molecule has 0 bridgehead atoms. The summed E-state index contributed by atoms with van der Waals surface area (Å²) in [6, 6.07) is 7.54. The molecular weight excluding hydrogens is 175 g/mol. The van der Waals surface area contributed by atoms with Crippen LogP contribution >= 0.6 is 0 Å². The third-order valence-corrected chi connectivity index (χ3v) is 1.84. The summed E-state index contributed by atoms with van der Waals surface area (Å²) in [5.74, 6) is 0. The molecule has 0 heterocycles. The molecule has 1 aromatic rings. The summed E-state index contributed by atoms with van der Waals surface area (Å²) in [4.78, 5) is 0. The van der Waals surface area contributed by atoms with Crippen molar-refractivity contribution in [1.29, 1.82) is 0 Å². The minimum Gasteiger partial charge on any atom is -0.349 e. The van der Waals surface area contributed by atoms with Crippen LogP contribution in [0.1, 0.15) is 25.7 Å². The van der Waals surface area contributed by atoms with Gasteiger partial charge in [0, 0.05) is 18.8 Å². The minimum atomic E-state index is -0.273. The molecule has 0 saturated heterocycles. The molecule has 0 saturated carbocycles. The molecule has 2 nitrogen and oxygen atoms in total. The number of hydrogen-bond donors (Lipinski definition) is 0. The van der Waals surface area contributed by atoms with Gasteiger partial charge in [-0.3, -0.25) is 0 Å². The molecule has 1 rings (SSSR count). The SMILES string of the molecule is [B]c1ccc(C(OCC)OCC)cc1. The lowest BCUT2D eigenvalue weighted by Gasteiger charge is -2.17. The van der Waals surface area contributed by atoms with E-state index in [9.17, 15) is 0 Å². The van der Waals surface area contributed by atoms with Crippen molar-refractivity contribution >= 4 is 13.3 Å². The molecule has 0 aromatic heterocycles. The Labute approximate surface area is 86.6 Å². The number of benzene rings is 1. The van der Waals surface area contributed by atoms with E-state index in [1.807, 2.05) is 38.1 Å². The molecule has 0 N–H and O–H groups in total. The second-order valence-electron chi connectivity index (χ2n) is 2.91. The fourth-order valence-electron chi connectivity index (χ4n) is 1.20. The van der Waals surface area contributed by atoms with Gasteiger partial charge in [-0.2, -0.15) is 0 Å². The summed E-state index contributed by atoms with van der Waals surface area (Å²) >= 11 is 0. The first kappa shape index (κ1) is 11.3. The highest BCUT2D eigenvalue weighted by Crippen LogP contribution is 2.17. The van der Waals surface area contributed by atoms with Crippen LogP contribution in [0.25, 0.3) is 0 Å². The summed E-state index contributed by atoms with van der Waals surface area (Å²) in [6.07, 6.45) is -0.273. The Morgan fingerprint density at radius 3 is 2.00 bits per heavy atom. The Morgan fingerprint density at radius 2 is 1.57 bits per heavy atom. The zero-order valence-electron chi connectivity index (χ0n) is 8.69. The number of ether oxygens (including phenoxy) is 2. The van der Waals surface area contributed by atoms with Gasteiger partial charge in [0.05, 0.1) is 0 Å². The molecule has 0 unspecified atom stereocenters. The van der Waals surface area contributed by atoms with E-state index < -0.39 is 0 Å². The van der Waals surface area contributed by atoms with E-state index in [4.69, 9.17) is 17.3 Å². The van der Waals surface area contributed by atoms with Crippen molar-refractivity contribution in [1.82, 2.24) is 0 Å². The fraction of sp³-hybridized carbons (Fsp3) is 0.455. The number of rotatable bonds is 5. The normalized spacial score (nSPS) is 10.8. The molecule has 3 heteroatoms. The summed E-state index contributed by atoms with van der Waals surface area (Å²) in [6.45, 7) is 5.16. The zero-order valence-corrected chi connectivity index (χ0v) is 8.69. The van der Waals surface area contributed by atoms with Crippen LogP contribution in [0.15, 0.2) is 24.3 Å². The molecule has 0 aliphatic heterocycles. The van der Waals surface area contributed by atoms with Crippen molar-refractivity contribution in [2.75, 3.05) is 13.2 Å². The topological polar surface area (TPSA) is 18.5 Å². The Hall–Kier alpha value is -0.795. The highest BCUT2D eigenvalue weighted by molar-refractivity contribution is 6.32. The first-order valence-electron chi connectivity index (χ1n) is 4.86. The van der Waals surface area contributed by atoms with E-state index in [1.165, 1.54) is 0 Å². The zero-order chi connectivity index (χ0) is 10.4. The van der Waals surface area contributed by atoms with Crippen LogP contribution in [0.4, 0.5) is 0 Å². The Bertz CT molecular complexity index is 252. The first-order chi connectivity index (χ1) is 6.77. The van der Waals surface area contributed by atoms with Gasteiger partial charge in [0.15, 0.2) is 6.29 Å². The predicted octanol–water partition coefficient (Wildman–Crippen LogP) is 1.55. The van der Waals surface area contributed by atoms with Gasteiger partial charge in [-0.1, -0.05) is 29.7 Å². The second kappa shape index (κ2) is 5.84. The fourth-order valence-corrected chi connectivity index (χ4v) is 1.20. The van der Waals surface area contributed by atoms with Gasteiger partial charge in [-0.05, 0) is 13.8 Å². The van der Waals surface area contributed by atoms with Gasteiger partial charge in [-0.25, -0.2) is 0 Å². The standard InChI is InChI=1S/C11H15BO2/c1-3-13-11(14-4-2)9-5-7-10(12)8-6-9/h5-8,11H,3-4H2,1-2H3. The van der Waals surface area contributed by atoms with E-state index in [1.54, 1.807) is 0 Å². The average Bonchev–Trinajstić information content (AvgIpc) is 2.19. The average molecular weight is 190 g/mol. The molecule has 0 amide bonds. The lowest BCUT2D eigenvalue weighted by molar-refractivity contribution is -0.140. The highest BCUT2D eigenvalue weighted by atomic mass is 16.7. The van der Waals surface area contributed by atoms with Crippen LogP contribution in [0.5, 0.6) is 0 Å². The molecule has 0 fully saturated rings. The molecule has 74 valence electrons. The summed E-state index contributed by atoms with van der Waals surface area (Å²) in [7, 11) is 5.59.